The monoisotopic (exact) mass is 263 g/mol. The maximum absolute atomic E-state index is 12.2. The van der Waals surface area contributed by atoms with Crippen molar-refractivity contribution >= 4 is 17.5 Å². The molecule has 2 amide bonds. The first-order chi connectivity index (χ1) is 8.99. The van der Waals surface area contributed by atoms with Crippen molar-refractivity contribution in [2.45, 2.75) is 26.8 Å². The molecule has 1 aromatic carbocycles. The molecule has 5 heteroatoms. The molecule has 0 spiro atoms. The number of hydrogen-bond donors (Lipinski definition) is 3. The Morgan fingerprint density at radius 3 is 2.58 bits per heavy atom. The Morgan fingerprint density at radius 2 is 2.00 bits per heavy atom. The second-order valence-corrected chi connectivity index (χ2v) is 4.39. The lowest BCUT2D eigenvalue weighted by Gasteiger charge is -2.15. The van der Waals surface area contributed by atoms with Gasteiger partial charge in [0.15, 0.2) is 0 Å². The van der Waals surface area contributed by atoms with E-state index in [4.69, 9.17) is 0 Å². The van der Waals surface area contributed by atoms with Crippen LogP contribution >= 0.6 is 0 Å². The van der Waals surface area contributed by atoms with E-state index in [-0.39, 0.29) is 11.8 Å². The third-order valence-electron chi connectivity index (χ3n) is 2.77. The summed E-state index contributed by atoms with van der Waals surface area (Å²) in [5, 5.41) is 8.33. The summed E-state index contributed by atoms with van der Waals surface area (Å²) in [6, 6.07) is 5.00. The number of likely N-dealkylation sites (N-methyl/N-ethyl adjacent to an activating group) is 1. The molecule has 1 rings (SSSR count). The minimum Gasteiger partial charge on any atom is -0.385 e. The predicted octanol–water partition coefficient (Wildman–Crippen LogP) is 1.29. The summed E-state index contributed by atoms with van der Waals surface area (Å²) in [5.41, 5.74) is 2.40. The number of carbonyl (C=O) groups is 2. The SMILES string of the molecule is CCNc1cc(C)ccc1C(=O)NC(C)C(=O)NC. The van der Waals surface area contributed by atoms with Gasteiger partial charge >= 0.3 is 0 Å². The molecule has 19 heavy (non-hydrogen) atoms. The molecular formula is C14H21N3O2. The summed E-state index contributed by atoms with van der Waals surface area (Å²) < 4.78 is 0. The molecule has 3 N–H and O–H groups in total. The van der Waals surface area contributed by atoms with Gasteiger partial charge in [0.2, 0.25) is 5.91 Å². The van der Waals surface area contributed by atoms with Crippen LogP contribution in [0.1, 0.15) is 29.8 Å². The Balaban J connectivity index is 2.90. The van der Waals surface area contributed by atoms with Gasteiger partial charge in [-0.25, -0.2) is 0 Å². The average molecular weight is 263 g/mol. The second-order valence-electron chi connectivity index (χ2n) is 4.39. The number of rotatable bonds is 5. The van der Waals surface area contributed by atoms with Crippen LogP contribution in [0.2, 0.25) is 0 Å². The summed E-state index contributed by atoms with van der Waals surface area (Å²) in [4.78, 5) is 23.6. The van der Waals surface area contributed by atoms with Crippen molar-refractivity contribution < 1.29 is 9.59 Å². The predicted molar refractivity (Wildman–Crippen MR) is 76.3 cm³/mol. The van der Waals surface area contributed by atoms with Crippen molar-refractivity contribution in [1.29, 1.82) is 0 Å². The normalized spacial score (nSPS) is 11.6. The fourth-order valence-corrected chi connectivity index (χ4v) is 1.75. The van der Waals surface area contributed by atoms with Gasteiger partial charge in [0.25, 0.3) is 5.91 Å². The molecule has 0 aromatic heterocycles. The van der Waals surface area contributed by atoms with E-state index < -0.39 is 6.04 Å². The van der Waals surface area contributed by atoms with E-state index in [1.165, 1.54) is 0 Å². The van der Waals surface area contributed by atoms with Crippen LogP contribution in [-0.2, 0) is 4.79 Å². The first-order valence-electron chi connectivity index (χ1n) is 6.36. The average Bonchev–Trinajstić information content (AvgIpc) is 2.38. The van der Waals surface area contributed by atoms with E-state index in [0.29, 0.717) is 5.56 Å². The van der Waals surface area contributed by atoms with Gasteiger partial charge in [-0.3, -0.25) is 9.59 Å². The van der Waals surface area contributed by atoms with Gasteiger partial charge in [-0.15, -0.1) is 0 Å². The van der Waals surface area contributed by atoms with Gasteiger partial charge in [-0.05, 0) is 38.5 Å². The first-order valence-corrected chi connectivity index (χ1v) is 6.36. The van der Waals surface area contributed by atoms with Crippen molar-refractivity contribution in [3.63, 3.8) is 0 Å². The largest absolute Gasteiger partial charge is 0.385 e. The van der Waals surface area contributed by atoms with Gasteiger partial charge in [-0.2, -0.15) is 0 Å². The second kappa shape index (κ2) is 6.78. The first kappa shape index (κ1) is 15.0. The molecule has 104 valence electrons. The molecule has 1 unspecified atom stereocenters. The number of amides is 2. The molecule has 0 aliphatic carbocycles. The smallest absolute Gasteiger partial charge is 0.254 e. The highest BCUT2D eigenvalue weighted by Crippen LogP contribution is 2.17. The van der Waals surface area contributed by atoms with E-state index in [9.17, 15) is 9.59 Å². The summed E-state index contributed by atoms with van der Waals surface area (Å²) in [5.74, 6) is -0.475. The Bertz CT molecular complexity index is 472. The number of benzene rings is 1. The Hall–Kier alpha value is -2.04. The zero-order valence-corrected chi connectivity index (χ0v) is 11.8. The molecule has 0 saturated carbocycles. The van der Waals surface area contributed by atoms with Crippen molar-refractivity contribution in [3.05, 3.63) is 29.3 Å². The van der Waals surface area contributed by atoms with Crippen LogP contribution in [0.4, 0.5) is 5.69 Å². The summed E-state index contributed by atoms with van der Waals surface area (Å²) in [6.07, 6.45) is 0. The van der Waals surface area contributed by atoms with E-state index in [1.807, 2.05) is 26.0 Å². The number of aryl methyl sites for hydroxylation is 1. The number of anilines is 1. The Morgan fingerprint density at radius 1 is 1.32 bits per heavy atom. The van der Waals surface area contributed by atoms with Crippen LogP contribution in [0, 0.1) is 6.92 Å². The molecular weight excluding hydrogens is 242 g/mol. The van der Waals surface area contributed by atoms with Crippen LogP contribution in [0.5, 0.6) is 0 Å². The zero-order valence-electron chi connectivity index (χ0n) is 11.8. The number of carbonyl (C=O) groups excluding carboxylic acids is 2. The van der Waals surface area contributed by atoms with E-state index in [0.717, 1.165) is 17.8 Å². The molecule has 5 nitrogen and oxygen atoms in total. The highest BCUT2D eigenvalue weighted by Gasteiger charge is 2.17. The molecule has 0 heterocycles. The topological polar surface area (TPSA) is 70.2 Å². The molecule has 0 saturated heterocycles. The van der Waals surface area contributed by atoms with Crippen molar-refractivity contribution in [3.8, 4) is 0 Å². The lowest BCUT2D eigenvalue weighted by Crippen LogP contribution is -2.43. The lowest BCUT2D eigenvalue weighted by atomic mass is 10.1. The van der Waals surface area contributed by atoms with Crippen LogP contribution in [0.15, 0.2) is 18.2 Å². The summed E-state index contributed by atoms with van der Waals surface area (Å²) >= 11 is 0. The molecule has 1 aromatic rings. The van der Waals surface area contributed by atoms with Crippen molar-refractivity contribution in [1.82, 2.24) is 10.6 Å². The molecule has 0 aliphatic heterocycles. The molecule has 0 aliphatic rings. The number of nitrogens with one attached hydrogen (secondary N) is 3. The summed E-state index contributed by atoms with van der Waals surface area (Å²) in [7, 11) is 1.54. The highest BCUT2D eigenvalue weighted by molar-refractivity contribution is 6.01. The van der Waals surface area contributed by atoms with Crippen LogP contribution < -0.4 is 16.0 Å². The molecule has 1 atom stereocenters. The quantitative estimate of drug-likeness (QED) is 0.749. The van der Waals surface area contributed by atoms with Gasteiger partial charge in [0.05, 0.1) is 5.56 Å². The number of hydrogen-bond acceptors (Lipinski definition) is 3. The highest BCUT2D eigenvalue weighted by atomic mass is 16.2. The zero-order chi connectivity index (χ0) is 14.4. The maximum Gasteiger partial charge on any atom is 0.254 e. The lowest BCUT2D eigenvalue weighted by molar-refractivity contribution is -0.122. The standard InChI is InChI=1S/C14H21N3O2/c1-5-16-12-8-9(2)6-7-11(12)14(19)17-10(3)13(18)15-4/h6-8,10,16H,5H2,1-4H3,(H,15,18)(H,17,19). The van der Waals surface area contributed by atoms with E-state index in [1.54, 1.807) is 20.0 Å². The van der Waals surface area contributed by atoms with E-state index in [2.05, 4.69) is 16.0 Å². The fraction of sp³-hybridized carbons (Fsp3) is 0.429. The third-order valence-corrected chi connectivity index (χ3v) is 2.77. The maximum atomic E-state index is 12.2. The minimum atomic E-state index is -0.562. The Kier molecular flexibility index (Phi) is 5.36. The Labute approximate surface area is 113 Å². The van der Waals surface area contributed by atoms with Gasteiger partial charge in [-0.1, -0.05) is 6.07 Å². The molecule has 0 radical (unpaired) electrons. The van der Waals surface area contributed by atoms with Crippen molar-refractivity contribution in [2.24, 2.45) is 0 Å². The van der Waals surface area contributed by atoms with Gasteiger partial charge in [0, 0.05) is 19.3 Å². The van der Waals surface area contributed by atoms with Crippen LogP contribution in [0.3, 0.4) is 0 Å². The molecule has 0 bridgehead atoms. The van der Waals surface area contributed by atoms with Gasteiger partial charge < -0.3 is 16.0 Å². The minimum absolute atomic E-state index is 0.217. The van der Waals surface area contributed by atoms with Crippen molar-refractivity contribution in [2.75, 3.05) is 18.9 Å². The van der Waals surface area contributed by atoms with Gasteiger partial charge in [0.1, 0.15) is 6.04 Å². The molecule has 0 fully saturated rings. The van der Waals surface area contributed by atoms with Crippen LogP contribution in [-0.4, -0.2) is 31.4 Å². The fourth-order valence-electron chi connectivity index (χ4n) is 1.75. The summed E-state index contributed by atoms with van der Waals surface area (Å²) in [6.45, 7) is 6.32. The van der Waals surface area contributed by atoms with E-state index >= 15 is 0 Å². The van der Waals surface area contributed by atoms with Crippen LogP contribution in [0.25, 0.3) is 0 Å². The third kappa shape index (κ3) is 3.98.